The Morgan fingerprint density at radius 3 is 2.87 bits per heavy atom. The maximum Gasteiger partial charge on any atom is 0.235 e. The molecule has 1 rings (SSSR count). The van der Waals surface area contributed by atoms with Gasteiger partial charge in [0.05, 0.1) is 5.25 Å². The molecule has 1 aliphatic heterocycles. The van der Waals surface area contributed by atoms with Crippen molar-refractivity contribution in [2.24, 2.45) is 11.7 Å². The molecule has 2 unspecified atom stereocenters. The number of carbonyl (C=O) groups is 1. The summed E-state index contributed by atoms with van der Waals surface area (Å²) in [5.74, 6) is 0.789. The fourth-order valence-electron chi connectivity index (χ4n) is 1.82. The predicted molar refractivity (Wildman–Crippen MR) is 68.6 cm³/mol. The zero-order chi connectivity index (χ0) is 10.6. The highest BCUT2D eigenvalue weighted by molar-refractivity contribution is 7.99. The van der Waals surface area contributed by atoms with E-state index in [-0.39, 0.29) is 23.6 Å². The maximum absolute atomic E-state index is 11.9. The van der Waals surface area contributed by atoms with Gasteiger partial charge in [-0.25, -0.2) is 0 Å². The quantitative estimate of drug-likeness (QED) is 0.825. The Morgan fingerprint density at radius 1 is 1.67 bits per heavy atom. The van der Waals surface area contributed by atoms with Gasteiger partial charge < -0.3 is 10.6 Å². The standard InChI is InChI=1S/C10H20N2OS.ClH/c1-8(14-2)10(13)12-5-3-4-9(6-11)7-12;/h8-9H,3-7,11H2,1-2H3;1H. The van der Waals surface area contributed by atoms with E-state index in [0.29, 0.717) is 12.5 Å². The third-order valence-electron chi connectivity index (χ3n) is 2.87. The molecule has 1 aliphatic rings. The molecule has 0 bridgehead atoms. The fourth-order valence-corrected chi connectivity index (χ4v) is 2.17. The van der Waals surface area contributed by atoms with Gasteiger partial charge in [-0.15, -0.1) is 12.4 Å². The van der Waals surface area contributed by atoms with Crippen LogP contribution in [0.5, 0.6) is 0 Å². The van der Waals surface area contributed by atoms with E-state index in [0.717, 1.165) is 19.5 Å². The second-order valence-corrected chi connectivity index (χ2v) is 5.08. The summed E-state index contributed by atoms with van der Waals surface area (Å²) in [6, 6.07) is 0. The molecule has 0 aliphatic carbocycles. The zero-order valence-electron chi connectivity index (χ0n) is 9.44. The van der Waals surface area contributed by atoms with Gasteiger partial charge in [-0.3, -0.25) is 4.79 Å². The second kappa shape index (κ2) is 7.36. The Balaban J connectivity index is 0.00000196. The van der Waals surface area contributed by atoms with Crippen molar-refractivity contribution in [3.8, 4) is 0 Å². The molecule has 0 aromatic heterocycles. The molecule has 3 nitrogen and oxygen atoms in total. The molecule has 2 atom stereocenters. The molecule has 1 heterocycles. The van der Waals surface area contributed by atoms with E-state index in [9.17, 15) is 4.79 Å². The summed E-state index contributed by atoms with van der Waals surface area (Å²) in [7, 11) is 0. The Morgan fingerprint density at radius 2 is 2.33 bits per heavy atom. The van der Waals surface area contributed by atoms with E-state index < -0.39 is 0 Å². The van der Waals surface area contributed by atoms with Crippen LogP contribution in [-0.4, -0.2) is 41.9 Å². The van der Waals surface area contributed by atoms with Crippen molar-refractivity contribution >= 4 is 30.1 Å². The largest absolute Gasteiger partial charge is 0.341 e. The number of hydrogen-bond donors (Lipinski definition) is 1. The molecule has 1 saturated heterocycles. The minimum atomic E-state index is 0. The lowest BCUT2D eigenvalue weighted by molar-refractivity contribution is -0.132. The first kappa shape index (κ1) is 15.1. The van der Waals surface area contributed by atoms with Crippen LogP contribution < -0.4 is 5.73 Å². The minimum Gasteiger partial charge on any atom is -0.341 e. The number of amides is 1. The molecule has 1 fully saturated rings. The Labute approximate surface area is 103 Å². The first-order valence-electron chi connectivity index (χ1n) is 5.20. The van der Waals surface area contributed by atoms with Crippen LogP contribution in [0.15, 0.2) is 0 Å². The molecular weight excluding hydrogens is 232 g/mol. The number of likely N-dealkylation sites (tertiary alicyclic amines) is 1. The summed E-state index contributed by atoms with van der Waals surface area (Å²) in [5, 5.41) is 0.0894. The summed E-state index contributed by atoms with van der Waals surface area (Å²) in [5.41, 5.74) is 5.63. The summed E-state index contributed by atoms with van der Waals surface area (Å²) < 4.78 is 0. The summed E-state index contributed by atoms with van der Waals surface area (Å²) in [4.78, 5) is 13.8. The number of hydrogen-bond acceptors (Lipinski definition) is 3. The van der Waals surface area contributed by atoms with Crippen LogP contribution in [0.3, 0.4) is 0 Å². The minimum absolute atomic E-state index is 0. The molecular formula is C10H21ClN2OS. The maximum atomic E-state index is 11.9. The lowest BCUT2D eigenvalue weighted by Gasteiger charge is -2.33. The van der Waals surface area contributed by atoms with Crippen molar-refractivity contribution in [2.75, 3.05) is 25.9 Å². The molecule has 2 N–H and O–H groups in total. The number of piperidine rings is 1. The number of carbonyl (C=O) groups excluding carboxylic acids is 1. The topological polar surface area (TPSA) is 46.3 Å². The first-order valence-corrected chi connectivity index (χ1v) is 6.49. The predicted octanol–water partition coefficient (Wildman–Crippen LogP) is 1.36. The van der Waals surface area contributed by atoms with Gasteiger partial charge in [0, 0.05) is 13.1 Å². The van der Waals surface area contributed by atoms with Gasteiger partial charge in [0.15, 0.2) is 0 Å². The molecule has 0 spiro atoms. The number of thioether (sulfide) groups is 1. The van der Waals surface area contributed by atoms with Gasteiger partial charge in [0.1, 0.15) is 0 Å². The van der Waals surface area contributed by atoms with Gasteiger partial charge >= 0.3 is 0 Å². The van der Waals surface area contributed by atoms with Crippen molar-refractivity contribution in [3.63, 3.8) is 0 Å². The molecule has 1 amide bonds. The van der Waals surface area contributed by atoms with E-state index in [2.05, 4.69) is 0 Å². The third kappa shape index (κ3) is 4.21. The van der Waals surface area contributed by atoms with E-state index >= 15 is 0 Å². The lowest BCUT2D eigenvalue weighted by atomic mass is 9.98. The van der Waals surface area contributed by atoms with Crippen LogP contribution in [0.25, 0.3) is 0 Å². The van der Waals surface area contributed by atoms with Gasteiger partial charge in [0.2, 0.25) is 5.91 Å². The molecule has 5 heteroatoms. The normalized spacial score (nSPS) is 23.1. The highest BCUT2D eigenvalue weighted by atomic mass is 35.5. The summed E-state index contributed by atoms with van der Waals surface area (Å²) in [6.45, 7) is 4.46. The highest BCUT2D eigenvalue weighted by Crippen LogP contribution is 2.18. The van der Waals surface area contributed by atoms with Crippen molar-refractivity contribution in [3.05, 3.63) is 0 Å². The molecule has 0 aromatic rings. The van der Waals surface area contributed by atoms with E-state index in [1.807, 2.05) is 18.1 Å². The molecule has 0 saturated carbocycles. The van der Waals surface area contributed by atoms with Crippen molar-refractivity contribution in [1.29, 1.82) is 0 Å². The summed E-state index contributed by atoms with van der Waals surface area (Å²) >= 11 is 1.61. The number of nitrogens with two attached hydrogens (primary N) is 1. The Bertz CT molecular complexity index is 204. The van der Waals surface area contributed by atoms with Gasteiger partial charge in [-0.05, 0) is 38.5 Å². The number of rotatable bonds is 3. The molecule has 0 aromatic carbocycles. The van der Waals surface area contributed by atoms with Crippen LogP contribution in [0, 0.1) is 5.92 Å². The van der Waals surface area contributed by atoms with Gasteiger partial charge in [0.25, 0.3) is 0 Å². The van der Waals surface area contributed by atoms with Crippen molar-refractivity contribution in [1.82, 2.24) is 4.90 Å². The average molecular weight is 253 g/mol. The average Bonchev–Trinajstić information content (AvgIpc) is 2.27. The third-order valence-corrected chi connectivity index (χ3v) is 3.77. The Kier molecular flexibility index (Phi) is 7.40. The highest BCUT2D eigenvalue weighted by Gasteiger charge is 2.25. The second-order valence-electron chi connectivity index (χ2n) is 3.91. The van der Waals surface area contributed by atoms with E-state index in [1.54, 1.807) is 11.8 Å². The monoisotopic (exact) mass is 252 g/mol. The van der Waals surface area contributed by atoms with Crippen LogP contribution in [0.4, 0.5) is 0 Å². The van der Waals surface area contributed by atoms with Gasteiger partial charge in [-0.1, -0.05) is 0 Å². The Hall–Kier alpha value is 0.0700. The smallest absolute Gasteiger partial charge is 0.235 e. The van der Waals surface area contributed by atoms with E-state index in [4.69, 9.17) is 5.73 Å². The van der Waals surface area contributed by atoms with E-state index in [1.165, 1.54) is 6.42 Å². The molecule has 90 valence electrons. The fraction of sp³-hybridized carbons (Fsp3) is 0.900. The van der Waals surface area contributed by atoms with Crippen LogP contribution in [0.1, 0.15) is 19.8 Å². The molecule has 15 heavy (non-hydrogen) atoms. The number of halogens is 1. The zero-order valence-corrected chi connectivity index (χ0v) is 11.1. The van der Waals surface area contributed by atoms with Crippen LogP contribution >= 0.6 is 24.2 Å². The molecule has 0 radical (unpaired) electrons. The number of nitrogens with zero attached hydrogens (tertiary/aromatic N) is 1. The SMILES string of the molecule is CSC(C)C(=O)N1CCCC(CN)C1.Cl. The van der Waals surface area contributed by atoms with Crippen LogP contribution in [0.2, 0.25) is 0 Å². The van der Waals surface area contributed by atoms with Crippen molar-refractivity contribution < 1.29 is 4.79 Å². The lowest BCUT2D eigenvalue weighted by Crippen LogP contribution is -2.44. The summed E-state index contributed by atoms with van der Waals surface area (Å²) in [6.07, 6.45) is 4.26. The first-order chi connectivity index (χ1) is 6.69. The van der Waals surface area contributed by atoms with Crippen molar-refractivity contribution in [2.45, 2.75) is 25.0 Å². The van der Waals surface area contributed by atoms with Gasteiger partial charge in [-0.2, -0.15) is 11.8 Å². The van der Waals surface area contributed by atoms with Crippen LogP contribution in [-0.2, 0) is 4.79 Å².